The summed E-state index contributed by atoms with van der Waals surface area (Å²) in [4.78, 5) is 0. The minimum Gasteiger partial charge on any atom is -0.371 e. The maximum atomic E-state index is 6.06. The number of aromatic nitrogens is 2. The molecule has 1 aliphatic rings. The molecule has 0 bridgehead atoms. The van der Waals surface area contributed by atoms with E-state index in [-0.39, 0.29) is 18.5 Å². The third-order valence-corrected chi connectivity index (χ3v) is 4.45. The first kappa shape index (κ1) is 18.0. The van der Waals surface area contributed by atoms with Crippen molar-refractivity contribution in [3.05, 3.63) is 65.2 Å². The van der Waals surface area contributed by atoms with E-state index in [9.17, 15) is 0 Å². The number of benzene rings is 2. The van der Waals surface area contributed by atoms with E-state index >= 15 is 0 Å². The van der Waals surface area contributed by atoms with Crippen molar-refractivity contribution in [2.24, 2.45) is 0 Å². The number of H-pyrrole nitrogens is 1. The van der Waals surface area contributed by atoms with Crippen molar-refractivity contribution in [2.45, 2.75) is 6.10 Å². The number of morpholine rings is 1. The minimum absolute atomic E-state index is 0. The van der Waals surface area contributed by atoms with Gasteiger partial charge in [-0.25, -0.2) is 0 Å². The summed E-state index contributed by atoms with van der Waals surface area (Å²) in [5, 5.41) is 11.6. The molecular formula is C19H19Cl2N3O. The van der Waals surface area contributed by atoms with Crippen LogP contribution in [0.2, 0.25) is 5.02 Å². The minimum atomic E-state index is 0. The molecule has 3 aromatic rings. The van der Waals surface area contributed by atoms with E-state index in [4.69, 9.17) is 16.3 Å². The largest absolute Gasteiger partial charge is 0.371 e. The molecule has 0 amide bonds. The van der Waals surface area contributed by atoms with Gasteiger partial charge in [-0.2, -0.15) is 5.10 Å². The van der Waals surface area contributed by atoms with Gasteiger partial charge in [-0.15, -0.1) is 12.4 Å². The molecule has 0 saturated carbocycles. The van der Waals surface area contributed by atoms with Crippen LogP contribution in [-0.4, -0.2) is 29.9 Å². The van der Waals surface area contributed by atoms with Gasteiger partial charge in [0.15, 0.2) is 0 Å². The van der Waals surface area contributed by atoms with Crippen molar-refractivity contribution in [1.29, 1.82) is 0 Å². The van der Waals surface area contributed by atoms with Crippen LogP contribution in [0.5, 0.6) is 0 Å². The summed E-state index contributed by atoms with van der Waals surface area (Å²) < 4.78 is 5.79. The molecule has 4 rings (SSSR count). The number of ether oxygens (including phenoxy) is 1. The maximum absolute atomic E-state index is 6.06. The Kier molecular flexibility index (Phi) is 5.76. The standard InChI is InChI=1S/C19H18ClN3O.ClH/c20-16-3-1-2-15(10-16)18-11-17(22-23-18)13-4-6-14(7-5-13)19-12-21-8-9-24-19;/h1-7,10-11,19,21H,8-9,12H2,(H,22,23);1H/t19-;/m0./s1. The van der Waals surface area contributed by atoms with Gasteiger partial charge in [0.05, 0.1) is 24.1 Å². The summed E-state index contributed by atoms with van der Waals surface area (Å²) in [6, 6.07) is 18.2. The van der Waals surface area contributed by atoms with Gasteiger partial charge in [-0.3, -0.25) is 5.10 Å². The lowest BCUT2D eigenvalue weighted by Crippen LogP contribution is -2.33. The van der Waals surface area contributed by atoms with Gasteiger partial charge < -0.3 is 10.1 Å². The molecule has 2 N–H and O–H groups in total. The maximum Gasteiger partial charge on any atom is 0.0949 e. The molecule has 0 radical (unpaired) electrons. The molecular weight excluding hydrogens is 357 g/mol. The van der Waals surface area contributed by atoms with Crippen molar-refractivity contribution < 1.29 is 4.74 Å². The highest BCUT2D eigenvalue weighted by Crippen LogP contribution is 2.27. The van der Waals surface area contributed by atoms with Crippen molar-refractivity contribution in [2.75, 3.05) is 19.7 Å². The molecule has 1 fully saturated rings. The summed E-state index contributed by atoms with van der Waals surface area (Å²) in [7, 11) is 0. The Bertz CT molecular complexity index is 827. The van der Waals surface area contributed by atoms with E-state index < -0.39 is 0 Å². The second-order valence-electron chi connectivity index (χ2n) is 5.86. The highest BCUT2D eigenvalue weighted by Gasteiger charge is 2.15. The predicted octanol–water partition coefficient (Wildman–Crippen LogP) is 4.48. The van der Waals surface area contributed by atoms with Crippen molar-refractivity contribution >= 4 is 24.0 Å². The first-order chi connectivity index (χ1) is 11.8. The van der Waals surface area contributed by atoms with Crippen LogP contribution in [0, 0.1) is 0 Å². The molecule has 6 heteroatoms. The number of aromatic amines is 1. The Morgan fingerprint density at radius 3 is 2.60 bits per heavy atom. The number of hydrogen-bond donors (Lipinski definition) is 2. The van der Waals surface area contributed by atoms with E-state index in [1.54, 1.807) is 0 Å². The monoisotopic (exact) mass is 375 g/mol. The molecule has 130 valence electrons. The van der Waals surface area contributed by atoms with Gasteiger partial charge in [-0.05, 0) is 23.8 Å². The molecule has 0 unspecified atom stereocenters. The van der Waals surface area contributed by atoms with Gasteiger partial charge in [-0.1, -0.05) is 48.0 Å². The smallest absolute Gasteiger partial charge is 0.0949 e. The zero-order chi connectivity index (χ0) is 16.4. The van der Waals surface area contributed by atoms with Crippen molar-refractivity contribution in [3.8, 4) is 22.5 Å². The van der Waals surface area contributed by atoms with Crippen LogP contribution < -0.4 is 5.32 Å². The Balaban J connectivity index is 0.00000182. The van der Waals surface area contributed by atoms with Gasteiger partial charge in [0.25, 0.3) is 0 Å². The summed E-state index contributed by atoms with van der Waals surface area (Å²) in [6.45, 7) is 2.55. The molecule has 1 aliphatic heterocycles. The van der Waals surface area contributed by atoms with Crippen LogP contribution in [0.25, 0.3) is 22.5 Å². The van der Waals surface area contributed by atoms with Crippen LogP contribution in [0.4, 0.5) is 0 Å². The Morgan fingerprint density at radius 1 is 1.04 bits per heavy atom. The van der Waals surface area contributed by atoms with Gasteiger partial charge >= 0.3 is 0 Å². The van der Waals surface area contributed by atoms with E-state index in [0.29, 0.717) is 5.02 Å². The third-order valence-electron chi connectivity index (χ3n) is 4.22. The SMILES string of the molecule is Cl.Clc1cccc(-c2cc(-c3ccc([C@@H]4CNCCO4)cc3)n[nH]2)c1. The Hall–Kier alpha value is -1.85. The Labute approximate surface area is 158 Å². The fourth-order valence-electron chi connectivity index (χ4n) is 2.92. The summed E-state index contributed by atoms with van der Waals surface area (Å²) in [5.74, 6) is 0. The molecule has 2 aromatic carbocycles. The topological polar surface area (TPSA) is 49.9 Å². The van der Waals surface area contributed by atoms with E-state index in [1.807, 2.05) is 30.3 Å². The summed E-state index contributed by atoms with van der Waals surface area (Å²) in [6.07, 6.45) is 0.133. The van der Waals surface area contributed by atoms with Gasteiger partial charge in [0, 0.05) is 29.2 Å². The number of halogens is 2. The second-order valence-corrected chi connectivity index (χ2v) is 6.30. The van der Waals surface area contributed by atoms with Crippen LogP contribution in [0.3, 0.4) is 0 Å². The van der Waals surface area contributed by atoms with E-state index in [2.05, 4.69) is 39.8 Å². The fourth-order valence-corrected chi connectivity index (χ4v) is 3.11. The Morgan fingerprint density at radius 2 is 1.88 bits per heavy atom. The zero-order valence-electron chi connectivity index (χ0n) is 13.5. The van der Waals surface area contributed by atoms with Crippen LogP contribution in [0.1, 0.15) is 11.7 Å². The highest BCUT2D eigenvalue weighted by molar-refractivity contribution is 6.30. The fraction of sp³-hybridized carbons (Fsp3) is 0.211. The van der Waals surface area contributed by atoms with Gasteiger partial charge in [0.2, 0.25) is 0 Å². The third kappa shape index (κ3) is 4.05. The normalized spacial score (nSPS) is 17.1. The quantitative estimate of drug-likeness (QED) is 0.709. The molecule has 1 atom stereocenters. The van der Waals surface area contributed by atoms with Crippen LogP contribution >= 0.6 is 24.0 Å². The van der Waals surface area contributed by atoms with E-state index in [0.717, 1.165) is 42.2 Å². The molecule has 2 heterocycles. The van der Waals surface area contributed by atoms with Crippen LogP contribution in [0.15, 0.2) is 54.6 Å². The first-order valence-corrected chi connectivity index (χ1v) is 8.41. The summed E-state index contributed by atoms with van der Waals surface area (Å²) >= 11 is 6.06. The second kappa shape index (κ2) is 8.02. The average molecular weight is 376 g/mol. The lowest BCUT2D eigenvalue weighted by molar-refractivity contribution is 0.0277. The number of nitrogens with zero attached hydrogens (tertiary/aromatic N) is 1. The van der Waals surface area contributed by atoms with E-state index in [1.165, 1.54) is 5.56 Å². The average Bonchev–Trinajstić information content (AvgIpc) is 3.13. The molecule has 0 spiro atoms. The molecule has 0 aliphatic carbocycles. The molecule has 1 saturated heterocycles. The molecule has 4 nitrogen and oxygen atoms in total. The number of rotatable bonds is 3. The number of nitrogens with one attached hydrogen (secondary N) is 2. The van der Waals surface area contributed by atoms with Gasteiger partial charge in [0.1, 0.15) is 0 Å². The zero-order valence-corrected chi connectivity index (χ0v) is 15.1. The molecule has 25 heavy (non-hydrogen) atoms. The summed E-state index contributed by atoms with van der Waals surface area (Å²) in [5.41, 5.74) is 5.17. The molecule has 1 aromatic heterocycles. The van der Waals surface area contributed by atoms with Crippen LogP contribution in [-0.2, 0) is 4.74 Å². The first-order valence-electron chi connectivity index (χ1n) is 8.03. The van der Waals surface area contributed by atoms with Crippen molar-refractivity contribution in [1.82, 2.24) is 15.5 Å². The number of hydrogen-bond acceptors (Lipinski definition) is 3. The lowest BCUT2D eigenvalue weighted by Gasteiger charge is -2.24. The predicted molar refractivity (Wildman–Crippen MR) is 103 cm³/mol. The highest BCUT2D eigenvalue weighted by atomic mass is 35.5. The van der Waals surface area contributed by atoms with Crippen molar-refractivity contribution in [3.63, 3.8) is 0 Å². The lowest BCUT2D eigenvalue weighted by atomic mass is 10.0.